The number of benzene rings is 1. The lowest BCUT2D eigenvalue weighted by Gasteiger charge is -2.36. The van der Waals surface area contributed by atoms with E-state index in [0.29, 0.717) is 6.04 Å². The van der Waals surface area contributed by atoms with Crippen molar-refractivity contribution in [1.29, 1.82) is 0 Å². The third-order valence-corrected chi connectivity index (χ3v) is 4.70. The first kappa shape index (κ1) is 15.0. The molecule has 0 aliphatic carbocycles. The van der Waals surface area contributed by atoms with Crippen molar-refractivity contribution in [2.75, 3.05) is 11.9 Å². The molecule has 1 heterocycles. The maximum Gasteiger partial charge on any atom is 0.254 e. The first-order valence-electron chi connectivity index (χ1n) is 6.76. The highest BCUT2D eigenvalue weighted by Crippen LogP contribution is 2.24. The number of alkyl halides is 1. The van der Waals surface area contributed by atoms with Crippen molar-refractivity contribution in [3.05, 3.63) is 33.8 Å². The van der Waals surface area contributed by atoms with Crippen LogP contribution >= 0.6 is 31.9 Å². The van der Waals surface area contributed by atoms with Gasteiger partial charge < -0.3 is 4.90 Å². The number of carbonyl (C=O) groups is 1. The van der Waals surface area contributed by atoms with Crippen molar-refractivity contribution in [3.63, 3.8) is 0 Å². The van der Waals surface area contributed by atoms with E-state index in [2.05, 4.69) is 36.8 Å². The Kier molecular flexibility index (Phi) is 5.46. The van der Waals surface area contributed by atoms with Gasteiger partial charge in [0.05, 0.1) is 0 Å². The standard InChI is InChI=1S/C15H19Br2NO/c1-11-10-12(17)5-6-14(11)15(19)18-9-3-2-4-13(18)7-8-16/h5-6,10,13H,2-4,7-9H2,1H3. The van der Waals surface area contributed by atoms with Gasteiger partial charge in [0.15, 0.2) is 0 Å². The molecular weight excluding hydrogens is 370 g/mol. The van der Waals surface area contributed by atoms with E-state index in [1.54, 1.807) is 0 Å². The summed E-state index contributed by atoms with van der Waals surface area (Å²) in [6, 6.07) is 6.28. The lowest BCUT2D eigenvalue weighted by Crippen LogP contribution is -2.44. The zero-order valence-corrected chi connectivity index (χ0v) is 14.3. The van der Waals surface area contributed by atoms with Crippen LogP contribution in [0.15, 0.2) is 22.7 Å². The molecule has 0 radical (unpaired) electrons. The van der Waals surface area contributed by atoms with Crippen molar-refractivity contribution in [2.24, 2.45) is 0 Å². The van der Waals surface area contributed by atoms with Gasteiger partial charge in [0.1, 0.15) is 0 Å². The number of rotatable bonds is 3. The monoisotopic (exact) mass is 387 g/mol. The smallest absolute Gasteiger partial charge is 0.254 e. The molecule has 0 aromatic heterocycles. The molecule has 1 aliphatic heterocycles. The fourth-order valence-electron chi connectivity index (χ4n) is 2.72. The summed E-state index contributed by atoms with van der Waals surface area (Å²) in [4.78, 5) is 14.8. The minimum absolute atomic E-state index is 0.190. The molecule has 104 valence electrons. The van der Waals surface area contributed by atoms with Gasteiger partial charge in [-0.3, -0.25) is 4.79 Å². The zero-order valence-electron chi connectivity index (χ0n) is 11.2. The van der Waals surface area contributed by atoms with Gasteiger partial charge in [-0.2, -0.15) is 0 Å². The summed E-state index contributed by atoms with van der Waals surface area (Å²) in [5.41, 5.74) is 1.88. The van der Waals surface area contributed by atoms with Gasteiger partial charge in [-0.25, -0.2) is 0 Å². The van der Waals surface area contributed by atoms with E-state index in [0.717, 1.165) is 46.7 Å². The fraction of sp³-hybridized carbons (Fsp3) is 0.533. The van der Waals surface area contributed by atoms with Crippen LogP contribution < -0.4 is 0 Å². The molecule has 1 atom stereocenters. The number of piperidine rings is 1. The molecule has 19 heavy (non-hydrogen) atoms. The van der Waals surface area contributed by atoms with Crippen LogP contribution in [0.3, 0.4) is 0 Å². The molecule has 4 heteroatoms. The first-order chi connectivity index (χ1) is 9.13. The van der Waals surface area contributed by atoms with Crippen LogP contribution in [0, 0.1) is 6.92 Å². The molecule has 2 rings (SSSR count). The molecule has 1 unspecified atom stereocenters. The molecule has 0 N–H and O–H groups in total. The van der Waals surface area contributed by atoms with Crippen molar-refractivity contribution < 1.29 is 4.79 Å². The number of carbonyl (C=O) groups excluding carboxylic acids is 1. The molecule has 1 aliphatic rings. The van der Waals surface area contributed by atoms with E-state index in [1.165, 1.54) is 6.42 Å². The minimum Gasteiger partial charge on any atom is -0.336 e. The van der Waals surface area contributed by atoms with E-state index in [9.17, 15) is 4.79 Å². The Morgan fingerprint density at radius 3 is 2.89 bits per heavy atom. The van der Waals surface area contributed by atoms with Gasteiger partial charge in [0.25, 0.3) is 5.91 Å². The number of hydrogen-bond donors (Lipinski definition) is 0. The molecule has 1 amide bonds. The average Bonchev–Trinajstić information content (AvgIpc) is 2.39. The minimum atomic E-state index is 0.190. The Morgan fingerprint density at radius 1 is 1.42 bits per heavy atom. The summed E-state index contributed by atoms with van der Waals surface area (Å²) in [7, 11) is 0. The number of likely N-dealkylation sites (tertiary alicyclic amines) is 1. The van der Waals surface area contributed by atoms with Gasteiger partial charge in [-0.15, -0.1) is 0 Å². The van der Waals surface area contributed by atoms with Gasteiger partial charge in [0.2, 0.25) is 0 Å². The number of hydrogen-bond acceptors (Lipinski definition) is 1. The van der Waals surface area contributed by atoms with E-state index >= 15 is 0 Å². The van der Waals surface area contributed by atoms with Gasteiger partial charge >= 0.3 is 0 Å². The van der Waals surface area contributed by atoms with Gasteiger partial charge in [-0.1, -0.05) is 31.9 Å². The molecule has 0 bridgehead atoms. The second kappa shape index (κ2) is 6.89. The molecular formula is C15H19Br2NO. The SMILES string of the molecule is Cc1cc(Br)ccc1C(=O)N1CCCCC1CCBr. The molecule has 0 spiro atoms. The average molecular weight is 389 g/mol. The third kappa shape index (κ3) is 3.60. The second-order valence-corrected chi connectivity index (χ2v) is 6.79. The molecule has 0 saturated carbocycles. The highest BCUT2D eigenvalue weighted by Gasteiger charge is 2.27. The maximum absolute atomic E-state index is 12.7. The number of halogens is 2. The van der Waals surface area contributed by atoms with E-state index in [1.807, 2.05) is 25.1 Å². The lowest BCUT2D eigenvalue weighted by atomic mass is 9.98. The van der Waals surface area contributed by atoms with Crippen LogP contribution in [0.1, 0.15) is 41.6 Å². The Morgan fingerprint density at radius 2 is 2.21 bits per heavy atom. The lowest BCUT2D eigenvalue weighted by molar-refractivity contribution is 0.0609. The van der Waals surface area contributed by atoms with Crippen LogP contribution in [-0.2, 0) is 0 Å². The van der Waals surface area contributed by atoms with E-state index in [4.69, 9.17) is 0 Å². The van der Waals surface area contributed by atoms with Crippen molar-refractivity contribution in [2.45, 2.75) is 38.6 Å². The molecule has 1 aromatic rings. The second-order valence-electron chi connectivity index (χ2n) is 5.09. The van der Waals surface area contributed by atoms with E-state index in [-0.39, 0.29) is 5.91 Å². The quantitative estimate of drug-likeness (QED) is 0.696. The molecule has 2 nitrogen and oxygen atoms in total. The first-order valence-corrected chi connectivity index (χ1v) is 8.68. The van der Waals surface area contributed by atoms with Crippen LogP contribution in [0.2, 0.25) is 0 Å². The summed E-state index contributed by atoms with van der Waals surface area (Å²) >= 11 is 6.94. The fourth-order valence-corrected chi connectivity index (χ4v) is 3.72. The summed E-state index contributed by atoms with van der Waals surface area (Å²) in [5.74, 6) is 0.190. The number of nitrogens with zero attached hydrogens (tertiary/aromatic N) is 1. The summed E-state index contributed by atoms with van der Waals surface area (Å²) in [5, 5.41) is 0.959. The van der Waals surface area contributed by atoms with Gasteiger partial charge in [-0.05, 0) is 56.4 Å². The summed E-state index contributed by atoms with van der Waals surface area (Å²) < 4.78 is 1.03. The van der Waals surface area contributed by atoms with Crippen LogP contribution in [0.5, 0.6) is 0 Å². The topological polar surface area (TPSA) is 20.3 Å². The molecule has 1 fully saturated rings. The number of amides is 1. The molecule has 1 saturated heterocycles. The van der Waals surface area contributed by atoms with Crippen LogP contribution in [-0.4, -0.2) is 28.7 Å². The molecule has 1 aromatic carbocycles. The van der Waals surface area contributed by atoms with Crippen LogP contribution in [0.4, 0.5) is 0 Å². The Balaban J connectivity index is 2.21. The highest BCUT2D eigenvalue weighted by atomic mass is 79.9. The normalized spacial score (nSPS) is 19.5. The van der Waals surface area contributed by atoms with Crippen molar-refractivity contribution in [3.8, 4) is 0 Å². The summed E-state index contributed by atoms with van der Waals surface area (Å²) in [6.07, 6.45) is 4.54. The summed E-state index contributed by atoms with van der Waals surface area (Å²) in [6.45, 7) is 2.90. The predicted octanol–water partition coefficient (Wildman–Crippen LogP) is 4.54. The van der Waals surface area contributed by atoms with Crippen LogP contribution in [0.25, 0.3) is 0 Å². The Hall–Kier alpha value is -0.350. The predicted molar refractivity (Wildman–Crippen MR) is 86.0 cm³/mol. The largest absolute Gasteiger partial charge is 0.336 e. The van der Waals surface area contributed by atoms with Gasteiger partial charge in [0, 0.05) is 28.0 Å². The highest BCUT2D eigenvalue weighted by molar-refractivity contribution is 9.10. The van der Waals surface area contributed by atoms with Crippen molar-refractivity contribution in [1.82, 2.24) is 4.90 Å². The third-order valence-electron chi connectivity index (χ3n) is 3.75. The maximum atomic E-state index is 12.7. The number of aryl methyl sites for hydroxylation is 1. The van der Waals surface area contributed by atoms with Crippen molar-refractivity contribution >= 4 is 37.8 Å². The zero-order chi connectivity index (χ0) is 13.8. The Bertz CT molecular complexity index is 459. The Labute approximate surface area is 131 Å². The van der Waals surface area contributed by atoms with E-state index < -0.39 is 0 Å².